The number of carbonyl (C=O) groups excluding carboxylic acids is 1. The molecule has 1 aromatic heterocycles. The maximum Gasteiger partial charge on any atom is 0.210 e. The minimum Gasteiger partial charge on any atom is -0.463 e. The van der Waals surface area contributed by atoms with Crippen LogP contribution in [0.3, 0.4) is 0 Å². The summed E-state index contributed by atoms with van der Waals surface area (Å²) in [5.74, 6) is -0.728. The lowest BCUT2D eigenvalue weighted by Gasteiger charge is -2.10. The zero-order chi connectivity index (χ0) is 23.8. The molecular formula is C26H19ClO5S. The van der Waals surface area contributed by atoms with Gasteiger partial charge in [0.1, 0.15) is 16.8 Å². The van der Waals surface area contributed by atoms with Gasteiger partial charge in [-0.25, -0.2) is 8.42 Å². The summed E-state index contributed by atoms with van der Waals surface area (Å²) in [6.45, 7) is 3.69. The van der Waals surface area contributed by atoms with Crippen LogP contribution >= 0.6 is 11.6 Å². The second-order valence-corrected chi connectivity index (χ2v) is 10.0. The smallest absolute Gasteiger partial charge is 0.210 e. The predicted octanol–water partition coefficient (Wildman–Crippen LogP) is 5.76. The Kier molecular flexibility index (Phi) is 6.06. The number of carbonyl (C=O) groups is 1. The van der Waals surface area contributed by atoms with Crippen molar-refractivity contribution in [2.24, 2.45) is 0 Å². The fraction of sp³-hybridized carbons (Fsp3) is 0.0769. The molecule has 7 heteroatoms. The van der Waals surface area contributed by atoms with E-state index in [1.54, 1.807) is 42.5 Å². The summed E-state index contributed by atoms with van der Waals surface area (Å²) in [7, 11) is -4.28. The van der Waals surface area contributed by atoms with Gasteiger partial charge in [-0.1, -0.05) is 53.1 Å². The number of rotatable bonds is 5. The van der Waals surface area contributed by atoms with Gasteiger partial charge in [-0.15, -0.1) is 0 Å². The quantitative estimate of drug-likeness (QED) is 0.269. The lowest BCUT2D eigenvalue weighted by Crippen LogP contribution is -2.16. The van der Waals surface area contributed by atoms with Crippen molar-refractivity contribution in [2.45, 2.75) is 18.7 Å². The molecule has 0 amide bonds. The van der Waals surface area contributed by atoms with Crippen molar-refractivity contribution in [2.75, 3.05) is 0 Å². The molecule has 1 heterocycles. The van der Waals surface area contributed by atoms with Gasteiger partial charge in [0.15, 0.2) is 5.43 Å². The summed E-state index contributed by atoms with van der Waals surface area (Å²) >= 11 is 5.90. The first-order valence-corrected chi connectivity index (χ1v) is 11.9. The van der Waals surface area contributed by atoms with E-state index in [0.29, 0.717) is 16.0 Å². The van der Waals surface area contributed by atoms with E-state index in [0.717, 1.165) is 17.2 Å². The molecule has 0 aliphatic carbocycles. The summed E-state index contributed by atoms with van der Waals surface area (Å²) in [5.41, 5.74) is 1.85. The van der Waals surface area contributed by atoms with E-state index in [1.165, 1.54) is 30.5 Å². The maximum atomic E-state index is 13.5. The molecular weight excluding hydrogens is 460 g/mol. The van der Waals surface area contributed by atoms with Gasteiger partial charge in [-0.2, -0.15) is 0 Å². The first-order chi connectivity index (χ1) is 15.7. The summed E-state index contributed by atoms with van der Waals surface area (Å²) in [4.78, 5) is 25.8. The second kappa shape index (κ2) is 8.81. The zero-order valence-corrected chi connectivity index (χ0v) is 19.4. The van der Waals surface area contributed by atoms with Crippen LogP contribution in [0.15, 0.2) is 92.0 Å². The van der Waals surface area contributed by atoms with E-state index in [1.807, 2.05) is 13.8 Å². The highest BCUT2D eigenvalue weighted by atomic mass is 35.5. The largest absolute Gasteiger partial charge is 0.463 e. The predicted molar refractivity (Wildman–Crippen MR) is 129 cm³/mol. The average molecular weight is 479 g/mol. The lowest BCUT2D eigenvalue weighted by molar-refractivity contribution is 0.104. The molecule has 166 valence electrons. The molecule has 0 saturated carbocycles. The Hall–Kier alpha value is -3.48. The number of allylic oxidation sites excluding steroid dienone is 1. The molecule has 4 rings (SSSR count). The van der Waals surface area contributed by atoms with Gasteiger partial charge in [0, 0.05) is 10.6 Å². The van der Waals surface area contributed by atoms with E-state index in [4.69, 9.17) is 16.0 Å². The van der Waals surface area contributed by atoms with Crippen molar-refractivity contribution in [1.82, 2.24) is 0 Å². The fourth-order valence-corrected chi connectivity index (χ4v) is 4.87. The van der Waals surface area contributed by atoms with Crippen molar-refractivity contribution < 1.29 is 17.6 Å². The molecule has 0 N–H and O–H groups in total. The van der Waals surface area contributed by atoms with Gasteiger partial charge in [0.25, 0.3) is 0 Å². The molecule has 0 fully saturated rings. The van der Waals surface area contributed by atoms with E-state index < -0.39 is 26.0 Å². The monoisotopic (exact) mass is 478 g/mol. The highest BCUT2D eigenvalue weighted by Gasteiger charge is 2.28. The van der Waals surface area contributed by atoms with Gasteiger partial charge in [-0.05, 0) is 56.3 Å². The third-order valence-corrected chi connectivity index (χ3v) is 7.22. The topological polar surface area (TPSA) is 81.4 Å². The molecule has 0 saturated heterocycles. The summed E-state index contributed by atoms with van der Waals surface area (Å²) in [6.07, 6.45) is 2.25. The molecule has 33 heavy (non-hydrogen) atoms. The Morgan fingerprint density at radius 1 is 0.909 bits per heavy atom. The number of sulfone groups is 1. The molecule has 0 aliphatic heterocycles. The number of halogens is 1. The Morgan fingerprint density at radius 3 is 2.21 bits per heavy atom. The van der Waals surface area contributed by atoms with E-state index in [-0.39, 0.29) is 16.0 Å². The second-order valence-electron chi connectivity index (χ2n) is 7.68. The lowest BCUT2D eigenvalue weighted by atomic mass is 10.1. The number of aryl methyl sites for hydroxylation is 2. The number of hydrogen-bond acceptors (Lipinski definition) is 5. The van der Waals surface area contributed by atoms with Crippen LogP contribution in [0, 0.1) is 13.8 Å². The average Bonchev–Trinajstić information content (AvgIpc) is 2.79. The molecule has 0 bridgehead atoms. The molecule has 4 aromatic rings. The SMILES string of the molecule is Cc1ccc(C(=O)/C(=C/c2coc3ccc(C)cc3c2=O)S(=O)(=O)c2ccc(Cl)cc2)cc1. The van der Waals surface area contributed by atoms with E-state index >= 15 is 0 Å². The number of hydrogen-bond donors (Lipinski definition) is 0. The van der Waals surface area contributed by atoms with Gasteiger partial charge in [0.05, 0.1) is 15.8 Å². The Morgan fingerprint density at radius 2 is 1.55 bits per heavy atom. The van der Waals surface area contributed by atoms with Crippen molar-refractivity contribution in [3.8, 4) is 0 Å². The molecule has 0 atom stereocenters. The normalized spacial score (nSPS) is 12.2. The van der Waals surface area contributed by atoms with Gasteiger partial charge in [-0.3, -0.25) is 9.59 Å². The van der Waals surface area contributed by atoms with Crippen LogP contribution in [0.25, 0.3) is 17.0 Å². The Labute approximate surface area is 195 Å². The van der Waals surface area contributed by atoms with Gasteiger partial charge < -0.3 is 4.42 Å². The third-order valence-electron chi connectivity index (χ3n) is 5.19. The molecule has 0 radical (unpaired) electrons. The minimum absolute atomic E-state index is 0.0406. The molecule has 0 spiro atoms. The molecule has 0 aliphatic rings. The third kappa shape index (κ3) is 4.53. The molecule has 3 aromatic carbocycles. The van der Waals surface area contributed by atoms with E-state index in [9.17, 15) is 18.0 Å². The molecule has 0 unspecified atom stereocenters. The number of benzene rings is 3. The van der Waals surface area contributed by atoms with Crippen LogP contribution in [-0.2, 0) is 9.84 Å². The van der Waals surface area contributed by atoms with Crippen LogP contribution in [-0.4, -0.2) is 14.2 Å². The van der Waals surface area contributed by atoms with Crippen molar-refractivity contribution in [1.29, 1.82) is 0 Å². The van der Waals surface area contributed by atoms with Crippen LogP contribution in [0.5, 0.6) is 0 Å². The van der Waals surface area contributed by atoms with Crippen LogP contribution < -0.4 is 5.43 Å². The Balaban J connectivity index is 1.95. The van der Waals surface area contributed by atoms with Crippen molar-refractivity contribution in [3.63, 3.8) is 0 Å². The standard InChI is InChI=1S/C26H19ClO5S/c1-16-3-6-18(7-4-16)26(29)24(33(30,31)21-10-8-20(27)9-11-21)14-19-15-32-23-12-5-17(2)13-22(23)25(19)28/h3-15H,1-2H3/b24-14-. The number of ketones is 1. The van der Waals surface area contributed by atoms with E-state index in [2.05, 4.69) is 0 Å². The van der Waals surface area contributed by atoms with Gasteiger partial charge >= 0.3 is 0 Å². The van der Waals surface area contributed by atoms with Crippen molar-refractivity contribution in [3.05, 3.63) is 115 Å². The fourth-order valence-electron chi connectivity index (χ4n) is 3.35. The summed E-state index contributed by atoms with van der Waals surface area (Å²) in [5, 5.41) is 0.657. The van der Waals surface area contributed by atoms with Gasteiger partial charge in [0.2, 0.25) is 15.6 Å². The first-order valence-electron chi connectivity index (χ1n) is 10.0. The first kappa shape index (κ1) is 22.7. The zero-order valence-electron chi connectivity index (χ0n) is 17.8. The Bertz CT molecular complexity index is 1560. The summed E-state index contributed by atoms with van der Waals surface area (Å²) in [6, 6.07) is 17.2. The number of fused-ring (bicyclic) bond motifs is 1. The summed E-state index contributed by atoms with van der Waals surface area (Å²) < 4.78 is 32.5. The van der Waals surface area contributed by atoms with Crippen molar-refractivity contribution >= 4 is 44.3 Å². The maximum absolute atomic E-state index is 13.5. The minimum atomic E-state index is -4.28. The van der Waals surface area contributed by atoms with Crippen LogP contribution in [0.4, 0.5) is 0 Å². The molecule has 5 nitrogen and oxygen atoms in total. The highest BCUT2D eigenvalue weighted by molar-refractivity contribution is 7.96. The van der Waals surface area contributed by atoms with Crippen LogP contribution in [0.2, 0.25) is 5.02 Å². The number of Topliss-reactive ketones (excluding diaryl/α,β-unsaturated/α-hetero) is 1. The van der Waals surface area contributed by atoms with Crippen LogP contribution in [0.1, 0.15) is 27.0 Å². The highest BCUT2D eigenvalue weighted by Crippen LogP contribution is 2.26.